The third kappa shape index (κ3) is 4.85. The van der Waals surface area contributed by atoms with Crippen LogP contribution < -0.4 is 10.1 Å². The first kappa shape index (κ1) is 18.5. The summed E-state index contributed by atoms with van der Waals surface area (Å²) in [5, 5.41) is 5.20. The Hall–Kier alpha value is -2.33. The van der Waals surface area contributed by atoms with Gasteiger partial charge in [0.25, 0.3) is 5.91 Å². The van der Waals surface area contributed by atoms with E-state index in [0.717, 1.165) is 28.1 Å². The van der Waals surface area contributed by atoms with E-state index in [2.05, 4.69) is 33.4 Å². The van der Waals surface area contributed by atoms with Crippen LogP contribution in [-0.2, 0) is 11.2 Å². The summed E-state index contributed by atoms with van der Waals surface area (Å²) >= 11 is 3.58. The maximum absolute atomic E-state index is 12.2. The molecule has 4 heteroatoms. The molecule has 0 aromatic heterocycles. The van der Waals surface area contributed by atoms with Crippen molar-refractivity contribution in [3.8, 4) is 5.75 Å². The number of aryl methyl sites for hydroxylation is 1. The van der Waals surface area contributed by atoms with Crippen LogP contribution in [0.4, 0.5) is 0 Å². The van der Waals surface area contributed by atoms with Gasteiger partial charge in [0, 0.05) is 6.04 Å². The van der Waals surface area contributed by atoms with Crippen LogP contribution in [0.3, 0.4) is 0 Å². The Morgan fingerprint density at radius 2 is 1.77 bits per heavy atom. The number of carbonyl (C=O) groups excluding carboxylic acids is 1. The molecule has 0 fully saturated rings. The fourth-order valence-corrected chi connectivity index (χ4v) is 3.49. The van der Waals surface area contributed by atoms with E-state index >= 15 is 0 Å². The molecule has 3 nitrogen and oxygen atoms in total. The highest BCUT2D eigenvalue weighted by atomic mass is 79.9. The molecule has 0 radical (unpaired) electrons. The molecule has 1 N–H and O–H groups in total. The highest BCUT2D eigenvalue weighted by Gasteiger charge is 2.11. The molecule has 0 aliphatic carbocycles. The van der Waals surface area contributed by atoms with Crippen molar-refractivity contribution in [2.24, 2.45) is 0 Å². The first-order chi connectivity index (χ1) is 12.6. The van der Waals surface area contributed by atoms with E-state index in [1.165, 1.54) is 5.56 Å². The molecule has 0 aliphatic heterocycles. The summed E-state index contributed by atoms with van der Waals surface area (Å²) in [5.41, 5.74) is 1.28. The quantitative estimate of drug-likeness (QED) is 0.585. The number of hydrogen-bond donors (Lipinski definition) is 1. The van der Waals surface area contributed by atoms with Gasteiger partial charge in [-0.2, -0.15) is 0 Å². The molecule has 0 saturated heterocycles. The Kier molecular flexibility index (Phi) is 6.29. The summed E-state index contributed by atoms with van der Waals surface area (Å²) in [6, 6.07) is 22.3. The number of rotatable bonds is 7. The second-order valence-electron chi connectivity index (χ2n) is 6.38. The SMILES string of the molecule is C[C@H](CCc1ccccc1)NC(=O)COc1ccc2ccccc2c1Br. The van der Waals surface area contributed by atoms with Crippen LogP contribution in [-0.4, -0.2) is 18.6 Å². The van der Waals surface area contributed by atoms with E-state index in [1.807, 2.05) is 61.5 Å². The minimum Gasteiger partial charge on any atom is -0.483 e. The van der Waals surface area contributed by atoms with Crippen LogP contribution in [0.2, 0.25) is 0 Å². The number of nitrogens with one attached hydrogen (secondary N) is 1. The Morgan fingerprint density at radius 3 is 2.58 bits per heavy atom. The summed E-state index contributed by atoms with van der Waals surface area (Å²) in [4.78, 5) is 12.2. The van der Waals surface area contributed by atoms with Crippen LogP contribution in [0.1, 0.15) is 18.9 Å². The molecule has 3 rings (SSSR count). The molecule has 134 valence electrons. The van der Waals surface area contributed by atoms with E-state index in [4.69, 9.17) is 4.74 Å². The average Bonchev–Trinajstić information content (AvgIpc) is 2.67. The smallest absolute Gasteiger partial charge is 0.258 e. The predicted octanol–water partition coefficient (Wildman–Crippen LogP) is 5.12. The molecular formula is C22H22BrNO2. The normalized spacial score (nSPS) is 11.9. The molecule has 3 aromatic rings. The number of amides is 1. The van der Waals surface area contributed by atoms with Gasteiger partial charge in [-0.15, -0.1) is 0 Å². The van der Waals surface area contributed by atoms with Gasteiger partial charge >= 0.3 is 0 Å². The van der Waals surface area contributed by atoms with Crippen LogP contribution in [0.5, 0.6) is 5.75 Å². The summed E-state index contributed by atoms with van der Waals surface area (Å²) in [6.07, 6.45) is 1.84. The largest absolute Gasteiger partial charge is 0.483 e. The molecule has 0 aliphatic rings. The zero-order valence-electron chi connectivity index (χ0n) is 14.7. The summed E-state index contributed by atoms with van der Waals surface area (Å²) in [5.74, 6) is 0.571. The monoisotopic (exact) mass is 411 g/mol. The number of ether oxygens (including phenoxy) is 1. The molecule has 0 bridgehead atoms. The van der Waals surface area contributed by atoms with Gasteiger partial charge in [0.1, 0.15) is 5.75 Å². The van der Waals surface area contributed by atoms with Gasteiger partial charge in [0.2, 0.25) is 0 Å². The van der Waals surface area contributed by atoms with Gasteiger partial charge in [-0.25, -0.2) is 0 Å². The zero-order chi connectivity index (χ0) is 18.4. The van der Waals surface area contributed by atoms with Crippen molar-refractivity contribution >= 4 is 32.6 Å². The fraction of sp³-hybridized carbons (Fsp3) is 0.227. The first-order valence-corrected chi connectivity index (χ1v) is 9.56. The van der Waals surface area contributed by atoms with Gasteiger partial charge in [0.05, 0.1) is 4.47 Å². The third-order valence-corrected chi connectivity index (χ3v) is 5.12. The highest BCUT2D eigenvalue weighted by Crippen LogP contribution is 2.32. The topological polar surface area (TPSA) is 38.3 Å². The molecule has 0 spiro atoms. The van der Waals surface area contributed by atoms with Crippen molar-refractivity contribution in [3.63, 3.8) is 0 Å². The molecule has 0 unspecified atom stereocenters. The zero-order valence-corrected chi connectivity index (χ0v) is 16.3. The van der Waals surface area contributed by atoms with Crippen LogP contribution in [0, 0.1) is 0 Å². The van der Waals surface area contributed by atoms with Crippen molar-refractivity contribution < 1.29 is 9.53 Å². The van der Waals surface area contributed by atoms with Crippen molar-refractivity contribution in [3.05, 3.63) is 76.8 Å². The molecule has 1 atom stereocenters. The minimum absolute atomic E-state index is 0.00656. The number of benzene rings is 3. The number of carbonyl (C=O) groups is 1. The molecule has 3 aromatic carbocycles. The van der Waals surface area contributed by atoms with E-state index in [-0.39, 0.29) is 18.6 Å². The predicted molar refractivity (Wildman–Crippen MR) is 110 cm³/mol. The number of fused-ring (bicyclic) bond motifs is 1. The van der Waals surface area contributed by atoms with Crippen molar-refractivity contribution in [2.75, 3.05) is 6.61 Å². The van der Waals surface area contributed by atoms with Crippen molar-refractivity contribution in [1.82, 2.24) is 5.32 Å². The lowest BCUT2D eigenvalue weighted by Crippen LogP contribution is -2.36. The summed E-state index contributed by atoms with van der Waals surface area (Å²) in [6.45, 7) is 2.03. The summed E-state index contributed by atoms with van der Waals surface area (Å²) in [7, 11) is 0. The van der Waals surface area contributed by atoms with E-state index in [1.54, 1.807) is 0 Å². The van der Waals surface area contributed by atoms with Gasteiger partial charge in [0.15, 0.2) is 6.61 Å². The van der Waals surface area contributed by atoms with E-state index in [0.29, 0.717) is 5.75 Å². The lowest BCUT2D eigenvalue weighted by molar-refractivity contribution is -0.123. The first-order valence-electron chi connectivity index (χ1n) is 8.77. The van der Waals surface area contributed by atoms with Gasteiger partial charge < -0.3 is 10.1 Å². The fourth-order valence-electron chi connectivity index (χ4n) is 2.88. The second-order valence-corrected chi connectivity index (χ2v) is 7.17. The van der Waals surface area contributed by atoms with Gasteiger partial charge in [-0.1, -0.05) is 60.7 Å². The maximum atomic E-state index is 12.2. The molecule has 26 heavy (non-hydrogen) atoms. The Labute approximate surface area is 162 Å². The number of hydrogen-bond acceptors (Lipinski definition) is 2. The molecule has 1 amide bonds. The van der Waals surface area contributed by atoms with Gasteiger partial charge in [-0.05, 0) is 58.1 Å². The molecule has 0 saturated carbocycles. The highest BCUT2D eigenvalue weighted by molar-refractivity contribution is 9.10. The van der Waals surface area contributed by atoms with Gasteiger partial charge in [-0.3, -0.25) is 4.79 Å². The second kappa shape index (κ2) is 8.86. The van der Waals surface area contributed by atoms with Crippen LogP contribution in [0.15, 0.2) is 71.2 Å². The minimum atomic E-state index is -0.106. The molecular weight excluding hydrogens is 390 g/mol. The van der Waals surface area contributed by atoms with Crippen molar-refractivity contribution in [1.29, 1.82) is 0 Å². The van der Waals surface area contributed by atoms with E-state index < -0.39 is 0 Å². The Morgan fingerprint density at radius 1 is 1.04 bits per heavy atom. The van der Waals surface area contributed by atoms with E-state index in [9.17, 15) is 4.79 Å². The standard InChI is InChI=1S/C22H22BrNO2/c1-16(11-12-17-7-3-2-4-8-17)24-21(25)15-26-20-14-13-18-9-5-6-10-19(18)22(20)23/h2-10,13-14,16H,11-12,15H2,1H3,(H,24,25)/t16-/m1/s1. The third-order valence-electron chi connectivity index (χ3n) is 4.30. The maximum Gasteiger partial charge on any atom is 0.258 e. The van der Waals surface area contributed by atoms with Crippen molar-refractivity contribution in [2.45, 2.75) is 25.8 Å². The Bertz CT molecular complexity index is 880. The lowest BCUT2D eigenvalue weighted by Gasteiger charge is -2.15. The van der Waals surface area contributed by atoms with Crippen LogP contribution in [0.25, 0.3) is 10.8 Å². The average molecular weight is 412 g/mol. The van der Waals surface area contributed by atoms with Crippen LogP contribution >= 0.6 is 15.9 Å². The Balaban J connectivity index is 1.50. The summed E-state index contributed by atoms with van der Waals surface area (Å²) < 4.78 is 6.59. The lowest BCUT2D eigenvalue weighted by atomic mass is 10.1. The molecule has 0 heterocycles. The number of halogens is 1.